The van der Waals surface area contributed by atoms with Crippen molar-refractivity contribution in [3.8, 4) is 11.4 Å². The Balaban J connectivity index is 1.82. The van der Waals surface area contributed by atoms with Crippen LogP contribution in [0.15, 0.2) is 54.6 Å². The number of aromatic nitrogens is 2. The summed E-state index contributed by atoms with van der Waals surface area (Å²) < 4.78 is 20.8. The van der Waals surface area contributed by atoms with Gasteiger partial charge in [0, 0.05) is 12.1 Å². The van der Waals surface area contributed by atoms with Crippen LogP contribution in [0.3, 0.4) is 0 Å². The number of quaternary nitrogens is 1. The highest BCUT2D eigenvalue weighted by Gasteiger charge is 2.24. The highest BCUT2D eigenvalue weighted by molar-refractivity contribution is 5.85. The van der Waals surface area contributed by atoms with Crippen molar-refractivity contribution < 1.29 is 39.7 Å². The largest absolute Gasteiger partial charge is 0.444 e. The van der Waals surface area contributed by atoms with Crippen LogP contribution < -0.4 is 11.2 Å². The number of aliphatic hydroxyl groups is 2. The fourth-order valence-electron chi connectivity index (χ4n) is 4.09. The van der Waals surface area contributed by atoms with E-state index in [0.29, 0.717) is 22.9 Å². The molecule has 0 saturated carbocycles. The molecule has 11 heteroatoms. The van der Waals surface area contributed by atoms with E-state index in [1.54, 1.807) is 12.1 Å². The van der Waals surface area contributed by atoms with Crippen molar-refractivity contribution in [1.29, 1.82) is 0 Å². The number of anilines is 1. The number of hydrogen-bond donors (Lipinski definition) is 4. The summed E-state index contributed by atoms with van der Waals surface area (Å²) in [6, 6.07) is 15.1. The third kappa shape index (κ3) is 8.10. The maximum Gasteiger partial charge on any atom is 0.413 e. The normalized spacial score (nSPS) is 12.7. The van der Waals surface area contributed by atoms with Crippen LogP contribution >= 0.6 is 0 Å². The predicted molar refractivity (Wildman–Crippen MR) is 137 cm³/mol. The zero-order chi connectivity index (χ0) is 27.7. The van der Waals surface area contributed by atoms with Gasteiger partial charge in [0.15, 0.2) is 5.82 Å². The smallest absolute Gasteiger partial charge is 0.413 e. The number of halogens is 1. The van der Waals surface area contributed by atoms with E-state index in [1.165, 1.54) is 12.1 Å². The molecule has 0 radical (unpaired) electrons. The maximum atomic E-state index is 13.6. The summed E-state index contributed by atoms with van der Waals surface area (Å²) in [6.45, 7) is 4.24. The molecule has 0 saturated heterocycles. The Labute approximate surface area is 220 Å². The third-order valence-corrected chi connectivity index (χ3v) is 5.88. The van der Waals surface area contributed by atoms with Crippen LogP contribution in [0.25, 0.3) is 11.4 Å². The standard InChI is InChI=1S/C27H33FN4O6/c1-17(2)24-25(31-27(36)37-16-18-6-4-3-5-7-18)30-26(19-8-10-20(28)11-9-19)32(24)13-12-21(33)14-22(34)15-23(35)38-29/h3-11,17,21-22,33-34H,12-16H2,1-2,29H3/p+1. The van der Waals surface area contributed by atoms with E-state index in [2.05, 4.69) is 21.0 Å². The quantitative estimate of drug-likeness (QED) is 0.263. The SMILES string of the molecule is CC(C)c1c(NC(=O)OCc2ccccc2)nc(-c2ccc(F)cc2)n1CCC(O)CC(O)CC(=O)O[NH3+]. The van der Waals surface area contributed by atoms with Crippen LogP contribution in [0.2, 0.25) is 0 Å². The molecule has 0 spiro atoms. The van der Waals surface area contributed by atoms with Crippen molar-refractivity contribution in [2.45, 2.75) is 64.4 Å². The van der Waals surface area contributed by atoms with Crippen LogP contribution in [0.5, 0.6) is 0 Å². The van der Waals surface area contributed by atoms with E-state index in [-0.39, 0.29) is 38.3 Å². The number of aliphatic hydroxyl groups excluding tert-OH is 2. The van der Waals surface area contributed by atoms with Crippen molar-refractivity contribution in [2.75, 3.05) is 5.32 Å². The average molecular weight is 530 g/mol. The number of ether oxygens (including phenoxy) is 1. The summed E-state index contributed by atoms with van der Waals surface area (Å²) in [5.74, 6) is 2.63. The average Bonchev–Trinajstić information content (AvgIpc) is 3.25. The van der Waals surface area contributed by atoms with E-state index in [0.717, 1.165) is 5.56 Å². The number of hydrogen-bond acceptors (Lipinski definition) is 7. The number of carbonyl (C=O) groups is 2. The number of rotatable bonds is 12. The molecule has 0 fully saturated rings. The minimum atomic E-state index is -1.08. The van der Waals surface area contributed by atoms with Gasteiger partial charge in [-0.2, -0.15) is 5.90 Å². The van der Waals surface area contributed by atoms with Gasteiger partial charge < -0.3 is 19.5 Å². The van der Waals surface area contributed by atoms with Gasteiger partial charge in [0.05, 0.1) is 24.3 Å². The molecule has 0 aliphatic heterocycles. The van der Waals surface area contributed by atoms with Crippen molar-refractivity contribution >= 4 is 17.9 Å². The first-order chi connectivity index (χ1) is 18.2. The minimum absolute atomic E-state index is 0.0381. The Morgan fingerprint density at radius 3 is 2.39 bits per heavy atom. The number of benzene rings is 2. The summed E-state index contributed by atoms with van der Waals surface area (Å²) >= 11 is 0. The Hall–Kier alpha value is -3.80. The molecule has 0 aliphatic carbocycles. The molecule has 1 amide bonds. The molecular formula is C27H34FN4O6+. The molecule has 38 heavy (non-hydrogen) atoms. The molecular weight excluding hydrogens is 495 g/mol. The summed E-state index contributed by atoms with van der Waals surface area (Å²) in [5.41, 5.74) is 2.14. The number of imidazole rings is 1. The molecule has 3 aromatic rings. The lowest BCUT2D eigenvalue weighted by Crippen LogP contribution is -2.51. The Bertz CT molecular complexity index is 1200. The lowest BCUT2D eigenvalue weighted by atomic mass is 10.1. The van der Waals surface area contributed by atoms with Gasteiger partial charge in [-0.25, -0.2) is 19.0 Å². The van der Waals surface area contributed by atoms with Crippen LogP contribution in [0.1, 0.15) is 50.3 Å². The van der Waals surface area contributed by atoms with Gasteiger partial charge in [0.1, 0.15) is 18.2 Å². The van der Waals surface area contributed by atoms with E-state index in [9.17, 15) is 24.2 Å². The zero-order valence-electron chi connectivity index (χ0n) is 21.5. The lowest BCUT2D eigenvalue weighted by molar-refractivity contribution is -0.657. The maximum absolute atomic E-state index is 13.6. The molecule has 2 atom stereocenters. The van der Waals surface area contributed by atoms with Crippen LogP contribution in [0, 0.1) is 5.82 Å². The van der Waals surface area contributed by atoms with Gasteiger partial charge in [0.2, 0.25) is 0 Å². The highest BCUT2D eigenvalue weighted by Crippen LogP contribution is 2.32. The van der Waals surface area contributed by atoms with Crippen molar-refractivity contribution in [3.05, 3.63) is 71.7 Å². The van der Waals surface area contributed by atoms with Crippen molar-refractivity contribution in [2.24, 2.45) is 0 Å². The predicted octanol–water partition coefficient (Wildman–Crippen LogP) is 3.15. The highest BCUT2D eigenvalue weighted by atomic mass is 19.1. The number of nitrogens with zero attached hydrogens (tertiary/aromatic N) is 2. The van der Waals surface area contributed by atoms with E-state index < -0.39 is 30.1 Å². The van der Waals surface area contributed by atoms with Gasteiger partial charge in [-0.1, -0.05) is 44.2 Å². The Kier molecular flexibility index (Phi) is 10.3. The summed E-state index contributed by atoms with van der Waals surface area (Å²) in [5, 5.41) is 23.3. The minimum Gasteiger partial charge on any atom is -0.444 e. The summed E-state index contributed by atoms with van der Waals surface area (Å²) in [7, 11) is 0. The summed E-state index contributed by atoms with van der Waals surface area (Å²) in [6.07, 6.45) is -2.78. The molecule has 1 aromatic heterocycles. The number of amides is 1. The first kappa shape index (κ1) is 28.8. The molecule has 2 unspecified atom stereocenters. The zero-order valence-corrected chi connectivity index (χ0v) is 21.5. The van der Waals surface area contributed by atoms with Crippen LogP contribution in [-0.2, 0) is 27.5 Å². The molecule has 0 bridgehead atoms. The van der Waals surface area contributed by atoms with Gasteiger partial charge in [-0.05, 0) is 48.6 Å². The van der Waals surface area contributed by atoms with Gasteiger partial charge >= 0.3 is 12.1 Å². The van der Waals surface area contributed by atoms with Crippen LogP contribution in [0.4, 0.5) is 15.0 Å². The molecule has 10 nitrogen and oxygen atoms in total. The van der Waals surface area contributed by atoms with E-state index in [1.807, 2.05) is 48.7 Å². The molecule has 3 rings (SSSR count). The molecule has 6 N–H and O–H groups in total. The molecule has 1 heterocycles. The molecule has 204 valence electrons. The second-order valence-corrected chi connectivity index (χ2v) is 9.22. The topological polar surface area (TPSA) is 151 Å². The lowest BCUT2D eigenvalue weighted by Gasteiger charge is -2.19. The summed E-state index contributed by atoms with van der Waals surface area (Å²) in [4.78, 5) is 32.9. The van der Waals surface area contributed by atoms with E-state index >= 15 is 0 Å². The van der Waals surface area contributed by atoms with Gasteiger partial charge in [-0.3, -0.25) is 10.2 Å². The molecule has 2 aromatic carbocycles. The Morgan fingerprint density at radius 1 is 1.08 bits per heavy atom. The second kappa shape index (κ2) is 13.7. The van der Waals surface area contributed by atoms with Crippen molar-refractivity contribution in [1.82, 2.24) is 9.55 Å². The fraction of sp³-hybridized carbons (Fsp3) is 0.370. The molecule has 0 aliphatic rings. The fourth-order valence-corrected chi connectivity index (χ4v) is 4.09. The number of carbonyl (C=O) groups excluding carboxylic acids is 2. The van der Waals surface area contributed by atoms with Crippen LogP contribution in [-0.4, -0.2) is 44.0 Å². The first-order valence-electron chi connectivity index (χ1n) is 12.3. The third-order valence-electron chi connectivity index (χ3n) is 5.88. The van der Waals surface area contributed by atoms with Crippen molar-refractivity contribution in [3.63, 3.8) is 0 Å². The Morgan fingerprint density at radius 2 is 1.76 bits per heavy atom. The monoisotopic (exact) mass is 529 g/mol. The second-order valence-electron chi connectivity index (χ2n) is 9.22. The number of nitrogens with one attached hydrogen (secondary N) is 1. The van der Waals surface area contributed by atoms with Gasteiger partial charge in [0.25, 0.3) is 0 Å². The first-order valence-corrected chi connectivity index (χ1v) is 12.3. The van der Waals surface area contributed by atoms with E-state index in [4.69, 9.17) is 4.74 Å². The van der Waals surface area contributed by atoms with Gasteiger partial charge in [-0.15, -0.1) is 0 Å².